The summed E-state index contributed by atoms with van der Waals surface area (Å²) in [5, 5.41) is 7.39. The molecule has 2 aromatic heterocycles. The molecule has 0 bridgehead atoms. The lowest BCUT2D eigenvalue weighted by molar-refractivity contribution is 0.102. The molecule has 0 saturated heterocycles. The number of nitrogens with one attached hydrogen (secondary N) is 1. The van der Waals surface area contributed by atoms with Gasteiger partial charge in [-0.2, -0.15) is 5.10 Å². The molecule has 112 valence electrons. The van der Waals surface area contributed by atoms with Crippen LogP contribution in [0.15, 0.2) is 36.5 Å². The molecule has 0 saturated carbocycles. The van der Waals surface area contributed by atoms with Gasteiger partial charge in [0.05, 0.1) is 19.0 Å². The molecule has 1 amide bonds. The number of methoxy groups -OCH3 is 1. The van der Waals surface area contributed by atoms with Gasteiger partial charge in [-0.1, -0.05) is 11.6 Å². The first-order valence-corrected chi connectivity index (χ1v) is 6.92. The molecule has 0 radical (unpaired) electrons. The van der Waals surface area contributed by atoms with Gasteiger partial charge < -0.3 is 10.1 Å². The minimum Gasteiger partial charge on any atom is -0.495 e. The Morgan fingerprint density at radius 1 is 1.32 bits per heavy atom. The largest absolute Gasteiger partial charge is 0.495 e. The summed E-state index contributed by atoms with van der Waals surface area (Å²) in [6.07, 6.45) is 1.64. The lowest BCUT2D eigenvalue weighted by atomic mass is 10.2. The van der Waals surface area contributed by atoms with Crippen molar-refractivity contribution in [1.29, 1.82) is 0 Å². The van der Waals surface area contributed by atoms with E-state index >= 15 is 0 Å². The van der Waals surface area contributed by atoms with Gasteiger partial charge in [0.1, 0.15) is 11.4 Å². The van der Waals surface area contributed by atoms with Crippen LogP contribution >= 0.6 is 11.6 Å². The average Bonchev–Trinajstić information content (AvgIpc) is 2.96. The van der Waals surface area contributed by atoms with Gasteiger partial charge in [-0.15, -0.1) is 0 Å². The van der Waals surface area contributed by atoms with Crippen molar-refractivity contribution in [2.24, 2.45) is 0 Å². The van der Waals surface area contributed by atoms with E-state index in [0.29, 0.717) is 27.8 Å². The molecule has 0 aliphatic carbocycles. The molecule has 0 atom stereocenters. The number of aromatic nitrogens is 3. The number of amides is 1. The summed E-state index contributed by atoms with van der Waals surface area (Å²) in [5.41, 5.74) is 2.22. The van der Waals surface area contributed by atoms with E-state index in [1.165, 1.54) is 7.11 Å². The predicted octanol–water partition coefficient (Wildman–Crippen LogP) is 2.95. The van der Waals surface area contributed by atoms with Crippen LogP contribution in [0.3, 0.4) is 0 Å². The molecule has 3 rings (SSSR count). The Morgan fingerprint density at radius 2 is 2.14 bits per heavy atom. The van der Waals surface area contributed by atoms with E-state index in [0.717, 1.165) is 5.69 Å². The van der Waals surface area contributed by atoms with Gasteiger partial charge in [-0.25, -0.2) is 9.50 Å². The summed E-state index contributed by atoms with van der Waals surface area (Å²) in [6.45, 7) is 1.86. The molecule has 22 heavy (non-hydrogen) atoms. The quantitative estimate of drug-likeness (QED) is 0.806. The van der Waals surface area contributed by atoms with E-state index in [1.807, 2.05) is 6.92 Å². The van der Waals surface area contributed by atoms with Gasteiger partial charge in [0.15, 0.2) is 5.65 Å². The molecule has 0 spiro atoms. The minimum atomic E-state index is -0.340. The van der Waals surface area contributed by atoms with Crippen LogP contribution in [0.25, 0.3) is 5.65 Å². The first-order valence-electron chi connectivity index (χ1n) is 6.55. The number of anilines is 1. The fourth-order valence-electron chi connectivity index (χ4n) is 2.15. The smallest absolute Gasteiger partial charge is 0.274 e. The Bertz CT molecular complexity index is 860. The number of hydrogen-bond acceptors (Lipinski definition) is 4. The van der Waals surface area contributed by atoms with E-state index in [2.05, 4.69) is 15.4 Å². The van der Waals surface area contributed by atoms with E-state index in [-0.39, 0.29) is 5.91 Å². The van der Waals surface area contributed by atoms with Gasteiger partial charge in [-0.05, 0) is 31.2 Å². The molecule has 0 fully saturated rings. The van der Waals surface area contributed by atoms with Crippen LogP contribution in [0.2, 0.25) is 5.02 Å². The number of fused-ring (bicyclic) bond motifs is 1. The molecular weight excluding hydrogens is 304 g/mol. The molecule has 2 heterocycles. The van der Waals surface area contributed by atoms with Crippen molar-refractivity contribution in [3.05, 3.63) is 52.9 Å². The highest BCUT2D eigenvalue weighted by Gasteiger charge is 2.13. The lowest BCUT2D eigenvalue weighted by Gasteiger charge is -2.10. The topological polar surface area (TPSA) is 68.5 Å². The van der Waals surface area contributed by atoms with Crippen LogP contribution < -0.4 is 10.1 Å². The van der Waals surface area contributed by atoms with Crippen molar-refractivity contribution in [2.75, 3.05) is 12.4 Å². The second-order valence-corrected chi connectivity index (χ2v) is 5.12. The zero-order valence-electron chi connectivity index (χ0n) is 12.0. The normalized spacial score (nSPS) is 10.7. The monoisotopic (exact) mass is 316 g/mol. The van der Waals surface area contributed by atoms with Crippen LogP contribution in [0.5, 0.6) is 5.75 Å². The number of halogens is 1. The maximum atomic E-state index is 12.4. The Morgan fingerprint density at radius 3 is 2.91 bits per heavy atom. The van der Waals surface area contributed by atoms with Crippen molar-refractivity contribution >= 4 is 28.8 Å². The van der Waals surface area contributed by atoms with Gasteiger partial charge in [0, 0.05) is 16.8 Å². The number of ether oxygens (including phenoxy) is 1. The van der Waals surface area contributed by atoms with Crippen molar-refractivity contribution in [3.8, 4) is 5.75 Å². The molecule has 3 aromatic rings. The maximum absolute atomic E-state index is 12.4. The molecule has 6 nitrogen and oxygen atoms in total. The number of carbonyl (C=O) groups excluding carboxylic acids is 1. The maximum Gasteiger partial charge on any atom is 0.274 e. The summed E-state index contributed by atoms with van der Waals surface area (Å²) in [5.74, 6) is 0.187. The zero-order chi connectivity index (χ0) is 15.7. The standard InChI is InChI=1S/C15H13ClN4O2/c1-9-7-12(18-14-5-6-17-20(9)14)15(21)19-11-8-10(16)3-4-13(11)22-2/h3-8H,1-2H3,(H,19,21). The first-order chi connectivity index (χ1) is 10.6. The van der Waals surface area contributed by atoms with E-state index in [9.17, 15) is 4.79 Å². The molecule has 7 heteroatoms. The van der Waals surface area contributed by atoms with Gasteiger partial charge in [-0.3, -0.25) is 4.79 Å². The fraction of sp³-hybridized carbons (Fsp3) is 0.133. The Labute approximate surface area is 131 Å². The van der Waals surface area contributed by atoms with Gasteiger partial charge >= 0.3 is 0 Å². The van der Waals surface area contributed by atoms with E-state index < -0.39 is 0 Å². The minimum absolute atomic E-state index is 0.299. The SMILES string of the molecule is COc1ccc(Cl)cc1NC(=O)c1cc(C)n2nccc2n1. The second-order valence-electron chi connectivity index (χ2n) is 4.68. The second kappa shape index (κ2) is 5.65. The summed E-state index contributed by atoms with van der Waals surface area (Å²) in [4.78, 5) is 16.7. The van der Waals surface area contributed by atoms with Gasteiger partial charge in [0.25, 0.3) is 5.91 Å². The van der Waals surface area contributed by atoms with Crippen molar-refractivity contribution < 1.29 is 9.53 Å². The van der Waals surface area contributed by atoms with E-state index in [1.54, 1.807) is 41.0 Å². The van der Waals surface area contributed by atoms with Gasteiger partial charge in [0.2, 0.25) is 0 Å². The third-order valence-corrected chi connectivity index (χ3v) is 3.41. The number of nitrogens with zero attached hydrogens (tertiary/aromatic N) is 3. The number of benzene rings is 1. The number of aryl methyl sites for hydroxylation is 1. The Balaban J connectivity index is 1.95. The summed E-state index contributed by atoms with van der Waals surface area (Å²) in [7, 11) is 1.53. The van der Waals surface area contributed by atoms with Crippen LogP contribution in [-0.4, -0.2) is 27.6 Å². The third-order valence-electron chi connectivity index (χ3n) is 3.18. The van der Waals surface area contributed by atoms with Crippen LogP contribution in [0, 0.1) is 6.92 Å². The molecule has 1 aromatic carbocycles. The summed E-state index contributed by atoms with van der Waals surface area (Å²) in [6, 6.07) is 8.42. The van der Waals surface area contributed by atoms with Crippen molar-refractivity contribution in [1.82, 2.24) is 14.6 Å². The van der Waals surface area contributed by atoms with Crippen LogP contribution in [0.1, 0.15) is 16.2 Å². The van der Waals surface area contributed by atoms with Crippen LogP contribution in [0.4, 0.5) is 5.69 Å². The third kappa shape index (κ3) is 2.60. The Hall–Kier alpha value is -2.60. The number of hydrogen-bond donors (Lipinski definition) is 1. The number of carbonyl (C=O) groups is 1. The van der Waals surface area contributed by atoms with E-state index in [4.69, 9.17) is 16.3 Å². The summed E-state index contributed by atoms with van der Waals surface area (Å²) < 4.78 is 6.87. The zero-order valence-corrected chi connectivity index (χ0v) is 12.8. The molecule has 0 unspecified atom stereocenters. The summed E-state index contributed by atoms with van der Waals surface area (Å²) >= 11 is 5.96. The van der Waals surface area contributed by atoms with Crippen molar-refractivity contribution in [2.45, 2.75) is 6.92 Å². The van der Waals surface area contributed by atoms with Crippen LogP contribution in [-0.2, 0) is 0 Å². The van der Waals surface area contributed by atoms with Crippen molar-refractivity contribution in [3.63, 3.8) is 0 Å². The highest BCUT2D eigenvalue weighted by Crippen LogP contribution is 2.28. The predicted molar refractivity (Wildman–Crippen MR) is 83.7 cm³/mol. The number of rotatable bonds is 3. The first kappa shape index (κ1) is 14.3. The molecular formula is C15H13ClN4O2. The molecule has 1 N–H and O–H groups in total. The molecule has 0 aliphatic rings. The lowest BCUT2D eigenvalue weighted by Crippen LogP contribution is -2.15. The fourth-order valence-corrected chi connectivity index (χ4v) is 2.32. The average molecular weight is 317 g/mol. The molecule has 0 aliphatic heterocycles. The Kier molecular flexibility index (Phi) is 3.68. The highest BCUT2D eigenvalue weighted by atomic mass is 35.5. The highest BCUT2D eigenvalue weighted by molar-refractivity contribution is 6.31.